The van der Waals surface area contributed by atoms with Crippen LogP contribution in [0.3, 0.4) is 0 Å². The van der Waals surface area contributed by atoms with Crippen LogP contribution >= 0.6 is 0 Å². The summed E-state index contributed by atoms with van der Waals surface area (Å²) in [6.07, 6.45) is 0. The molecule has 15 heavy (non-hydrogen) atoms. The van der Waals surface area contributed by atoms with E-state index in [1.54, 1.807) is 24.1 Å². The van der Waals surface area contributed by atoms with Gasteiger partial charge >= 0.3 is 0 Å². The number of aliphatic hydroxyl groups is 1. The van der Waals surface area contributed by atoms with Crippen LogP contribution in [-0.4, -0.2) is 31.1 Å². The summed E-state index contributed by atoms with van der Waals surface area (Å²) in [4.78, 5) is 12.9. The van der Waals surface area contributed by atoms with Crippen LogP contribution in [0.5, 0.6) is 0 Å². The highest BCUT2D eigenvalue weighted by Gasteiger charge is 2.15. The van der Waals surface area contributed by atoms with E-state index in [9.17, 15) is 9.18 Å². The summed E-state index contributed by atoms with van der Waals surface area (Å²) >= 11 is 0. The summed E-state index contributed by atoms with van der Waals surface area (Å²) in [6.45, 7) is 1.66. The van der Waals surface area contributed by atoms with E-state index in [4.69, 9.17) is 5.11 Å². The minimum absolute atomic E-state index is 0.0373. The number of hydrogen-bond donors (Lipinski definition) is 1. The van der Waals surface area contributed by atoms with Gasteiger partial charge in [-0.05, 0) is 19.1 Å². The minimum atomic E-state index is -0.523. The van der Waals surface area contributed by atoms with E-state index in [0.29, 0.717) is 12.2 Å². The highest BCUT2D eigenvalue weighted by molar-refractivity contribution is 5.99. The summed E-state index contributed by atoms with van der Waals surface area (Å²) in [6, 6.07) is 4.47. The van der Waals surface area contributed by atoms with E-state index in [1.807, 2.05) is 0 Å². The zero-order chi connectivity index (χ0) is 11.4. The SMILES string of the molecule is CC(=O)c1c(F)cccc1N(C)CCO. The average molecular weight is 211 g/mol. The number of nitrogens with zero attached hydrogens (tertiary/aromatic N) is 1. The third kappa shape index (κ3) is 2.53. The van der Waals surface area contributed by atoms with E-state index in [2.05, 4.69) is 0 Å². The molecule has 0 saturated carbocycles. The molecule has 1 rings (SSSR count). The first kappa shape index (κ1) is 11.7. The van der Waals surface area contributed by atoms with Crippen LogP contribution in [0.4, 0.5) is 10.1 Å². The number of rotatable bonds is 4. The summed E-state index contributed by atoms with van der Waals surface area (Å²) in [5, 5.41) is 8.78. The van der Waals surface area contributed by atoms with E-state index < -0.39 is 5.82 Å². The molecule has 0 atom stereocenters. The van der Waals surface area contributed by atoms with Gasteiger partial charge in [-0.2, -0.15) is 0 Å². The third-order valence-electron chi connectivity index (χ3n) is 2.19. The number of hydrogen-bond acceptors (Lipinski definition) is 3. The molecule has 1 N–H and O–H groups in total. The second-order valence-electron chi connectivity index (χ2n) is 3.34. The first-order chi connectivity index (χ1) is 7.07. The monoisotopic (exact) mass is 211 g/mol. The first-order valence-electron chi connectivity index (χ1n) is 4.69. The number of halogens is 1. The lowest BCUT2D eigenvalue weighted by Gasteiger charge is -2.20. The van der Waals surface area contributed by atoms with Gasteiger partial charge in [0.1, 0.15) is 5.82 Å². The van der Waals surface area contributed by atoms with E-state index in [0.717, 1.165) is 0 Å². The van der Waals surface area contributed by atoms with Crippen molar-refractivity contribution in [2.24, 2.45) is 0 Å². The van der Waals surface area contributed by atoms with Crippen LogP contribution in [0.25, 0.3) is 0 Å². The molecule has 0 heterocycles. The molecule has 0 aliphatic carbocycles. The molecular formula is C11H14FNO2. The molecule has 82 valence electrons. The molecule has 1 aromatic carbocycles. The van der Waals surface area contributed by atoms with Gasteiger partial charge in [0, 0.05) is 13.6 Å². The number of carbonyl (C=O) groups is 1. The number of Topliss-reactive ketones (excluding diaryl/α,β-unsaturated/α-hetero) is 1. The molecule has 0 fully saturated rings. The normalized spacial score (nSPS) is 10.1. The van der Waals surface area contributed by atoms with Crippen molar-refractivity contribution in [2.75, 3.05) is 25.1 Å². The lowest BCUT2D eigenvalue weighted by atomic mass is 10.1. The molecule has 0 aromatic heterocycles. The van der Waals surface area contributed by atoms with Gasteiger partial charge < -0.3 is 10.0 Å². The van der Waals surface area contributed by atoms with E-state index in [-0.39, 0.29) is 18.0 Å². The zero-order valence-corrected chi connectivity index (χ0v) is 8.83. The van der Waals surface area contributed by atoms with E-state index >= 15 is 0 Å². The fourth-order valence-corrected chi connectivity index (χ4v) is 1.45. The summed E-state index contributed by atoms with van der Waals surface area (Å²) < 4.78 is 13.4. The maximum atomic E-state index is 13.4. The molecule has 0 unspecified atom stereocenters. The second-order valence-corrected chi connectivity index (χ2v) is 3.34. The molecule has 0 spiro atoms. The summed E-state index contributed by atoms with van der Waals surface area (Å²) in [5.74, 6) is -0.835. The highest BCUT2D eigenvalue weighted by Crippen LogP contribution is 2.22. The highest BCUT2D eigenvalue weighted by atomic mass is 19.1. The number of likely N-dealkylation sites (N-methyl/N-ethyl adjacent to an activating group) is 1. The van der Waals surface area contributed by atoms with Gasteiger partial charge in [-0.25, -0.2) is 4.39 Å². The van der Waals surface area contributed by atoms with Crippen LogP contribution in [0, 0.1) is 5.82 Å². The number of anilines is 1. The molecule has 0 aliphatic rings. The Hall–Kier alpha value is -1.42. The Morgan fingerprint density at radius 2 is 2.20 bits per heavy atom. The van der Waals surface area contributed by atoms with Gasteiger partial charge in [-0.1, -0.05) is 6.07 Å². The maximum Gasteiger partial charge on any atom is 0.164 e. The first-order valence-corrected chi connectivity index (χ1v) is 4.69. The van der Waals surface area contributed by atoms with Gasteiger partial charge in [-0.15, -0.1) is 0 Å². The van der Waals surface area contributed by atoms with Crippen LogP contribution < -0.4 is 4.90 Å². The standard InChI is InChI=1S/C11H14FNO2/c1-8(15)11-9(12)4-3-5-10(11)13(2)6-7-14/h3-5,14H,6-7H2,1-2H3. The predicted octanol–water partition coefficient (Wildman–Crippen LogP) is 1.46. The van der Waals surface area contributed by atoms with Crippen molar-refractivity contribution in [1.82, 2.24) is 0 Å². The molecule has 1 aromatic rings. The molecule has 0 saturated heterocycles. The van der Waals surface area contributed by atoms with Crippen LogP contribution in [0.1, 0.15) is 17.3 Å². The Balaban J connectivity index is 3.16. The van der Waals surface area contributed by atoms with Crippen molar-refractivity contribution in [3.05, 3.63) is 29.6 Å². The number of benzene rings is 1. The fourth-order valence-electron chi connectivity index (χ4n) is 1.45. The molecular weight excluding hydrogens is 197 g/mol. The molecule has 0 amide bonds. The van der Waals surface area contributed by atoms with Crippen molar-refractivity contribution in [3.8, 4) is 0 Å². The van der Waals surface area contributed by atoms with Crippen molar-refractivity contribution < 1.29 is 14.3 Å². The number of aliphatic hydroxyl groups excluding tert-OH is 1. The zero-order valence-electron chi connectivity index (χ0n) is 8.83. The number of ketones is 1. The minimum Gasteiger partial charge on any atom is -0.395 e. The average Bonchev–Trinajstić information content (AvgIpc) is 2.17. The second kappa shape index (κ2) is 4.89. The maximum absolute atomic E-state index is 13.4. The van der Waals surface area contributed by atoms with Gasteiger partial charge in [0.2, 0.25) is 0 Å². The summed E-state index contributed by atoms with van der Waals surface area (Å²) in [7, 11) is 1.71. The Morgan fingerprint density at radius 1 is 1.53 bits per heavy atom. The lowest BCUT2D eigenvalue weighted by Crippen LogP contribution is -2.23. The third-order valence-corrected chi connectivity index (χ3v) is 2.19. The smallest absolute Gasteiger partial charge is 0.164 e. The van der Waals surface area contributed by atoms with E-state index in [1.165, 1.54) is 13.0 Å². The molecule has 4 heteroatoms. The van der Waals surface area contributed by atoms with Gasteiger partial charge in [-0.3, -0.25) is 4.79 Å². The van der Waals surface area contributed by atoms with Crippen molar-refractivity contribution in [2.45, 2.75) is 6.92 Å². The molecule has 0 radical (unpaired) electrons. The fraction of sp³-hybridized carbons (Fsp3) is 0.364. The quantitative estimate of drug-likeness (QED) is 0.766. The Kier molecular flexibility index (Phi) is 3.80. The van der Waals surface area contributed by atoms with Crippen molar-refractivity contribution in [1.29, 1.82) is 0 Å². The Labute approximate surface area is 88.1 Å². The summed E-state index contributed by atoms with van der Waals surface area (Å²) in [5.41, 5.74) is 0.588. The molecule has 0 bridgehead atoms. The number of carbonyl (C=O) groups excluding carboxylic acids is 1. The van der Waals surface area contributed by atoms with Crippen LogP contribution in [0.2, 0.25) is 0 Å². The van der Waals surface area contributed by atoms with Gasteiger partial charge in [0.15, 0.2) is 5.78 Å². The van der Waals surface area contributed by atoms with Crippen molar-refractivity contribution >= 4 is 11.5 Å². The van der Waals surface area contributed by atoms with Crippen LogP contribution in [-0.2, 0) is 0 Å². The largest absolute Gasteiger partial charge is 0.395 e. The Morgan fingerprint density at radius 3 is 2.73 bits per heavy atom. The van der Waals surface area contributed by atoms with Crippen LogP contribution in [0.15, 0.2) is 18.2 Å². The Bertz CT molecular complexity index is 366. The van der Waals surface area contributed by atoms with Gasteiger partial charge in [0.25, 0.3) is 0 Å². The lowest BCUT2D eigenvalue weighted by molar-refractivity contribution is 0.101. The van der Waals surface area contributed by atoms with Gasteiger partial charge in [0.05, 0.1) is 17.9 Å². The molecule has 0 aliphatic heterocycles. The predicted molar refractivity (Wildman–Crippen MR) is 56.8 cm³/mol. The van der Waals surface area contributed by atoms with Crippen molar-refractivity contribution in [3.63, 3.8) is 0 Å². The topological polar surface area (TPSA) is 40.5 Å². The molecule has 3 nitrogen and oxygen atoms in total.